The SMILES string of the molecule is Cc1sc(NC(=O)c2cccc3cn[nH]c23)nc1-c1ccc(OC(F)F)cc1. The first-order valence-electron chi connectivity index (χ1n) is 8.27. The van der Waals surface area contributed by atoms with Gasteiger partial charge in [0.2, 0.25) is 0 Å². The first kappa shape index (κ1) is 18.1. The number of carbonyl (C=O) groups excluding carboxylic acids is 1. The van der Waals surface area contributed by atoms with E-state index in [-0.39, 0.29) is 11.7 Å². The molecule has 0 unspecified atom stereocenters. The van der Waals surface area contributed by atoms with E-state index in [1.807, 2.05) is 13.0 Å². The van der Waals surface area contributed by atoms with Crippen LogP contribution in [0.1, 0.15) is 15.2 Å². The maximum Gasteiger partial charge on any atom is 0.387 e. The molecule has 0 spiro atoms. The number of carbonyl (C=O) groups is 1. The molecule has 6 nitrogen and oxygen atoms in total. The summed E-state index contributed by atoms with van der Waals surface area (Å²) < 4.78 is 28.9. The number of fused-ring (bicyclic) bond motifs is 1. The van der Waals surface area contributed by atoms with Crippen LogP contribution in [0.5, 0.6) is 5.75 Å². The highest BCUT2D eigenvalue weighted by atomic mass is 32.1. The number of amides is 1. The first-order valence-corrected chi connectivity index (χ1v) is 9.09. The average molecular weight is 400 g/mol. The van der Waals surface area contributed by atoms with Crippen molar-refractivity contribution < 1.29 is 18.3 Å². The molecule has 0 atom stereocenters. The lowest BCUT2D eigenvalue weighted by atomic mass is 10.1. The Kier molecular flexibility index (Phi) is 4.74. The van der Waals surface area contributed by atoms with Crippen molar-refractivity contribution in [2.24, 2.45) is 0 Å². The summed E-state index contributed by atoms with van der Waals surface area (Å²) in [5.41, 5.74) is 2.54. The Balaban J connectivity index is 1.56. The number of nitrogens with zero attached hydrogens (tertiary/aromatic N) is 2. The van der Waals surface area contributed by atoms with Crippen molar-refractivity contribution in [2.75, 3.05) is 5.32 Å². The molecule has 4 aromatic rings. The van der Waals surface area contributed by atoms with Crippen LogP contribution in [0.15, 0.2) is 48.7 Å². The number of nitrogens with one attached hydrogen (secondary N) is 2. The molecule has 0 saturated carbocycles. The van der Waals surface area contributed by atoms with E-state index >= 15 is 0 Å². The minimum absolute atomic E-state index is 0.0767. The van der Waals surface area contributed by atoms with Crippen LogP contribution in [0.2, 0.25) is 0 Å². The lowest BCUT2D eigenvalue weighted by Crippen LogP contribution is -2.12. The highest BCUT2D eigenvalue weighted by molar-refractivity contribution is 7.16. The molecule has 0 saturated heterocycles. The molecule has 2 aromatic heterocycles. The molecule has 0 aliphatic rings. The quantitative estimate of drug-likeness (QED) is 0.502. The molecule has 4 rings (SSSR count). The molecule has 9 heteroatoms. The molecule has 2 aromatic carbocycles. The number of hydrogen-bond acceptors (Lipinski definition) is 5. The molecular weight excluding hydrogens is 386 g/mol. The number of hydrogen-bond donors (Lipinski definition) is 2. The standard InChI is InChI=1S/C19H14F2N4O2S/c1-10-15(11-5-7-13(8-6-11)27-18(20)21)23-19(28-10)24-17(26)14-4-2-3-12-9-22-25-16(12)14/h2-9,18H,1H3,(H,22,25)(H,23,24,26). The van der Waals surface area contributed by atoms with Gasteiger partial charge in [0.05, 0.1) is 23.0 Å². The largest absolute Gasteiger partial charge is 0.435 e. The third kappa shape index (κ3) is 3.56. The van der Waals surface area contributed by atoms with Gasteiger partial charge in [-0.3, -0.25) is 15.2 Å². The number of aromatic nitrogens is 3. The predicted octanol–water partition coefficient (Wildman–Crippen LogP) is 4.85. The van der Waals surface area contributed by atoms with E-state index in [4.69, 9.17) is 0 Å². The number of thiazole rings is 1. The Morgan fingerprint density at radius 2 is 2.00 bits per heavy atom. The Bertz CT molecular complexity index is 1140. The molecule has 0 radical (unpaired) electrons. The fraction of sp³-hybridized carbons (Fsp3) is 0.105. The van der Waals surface area contributed by atoms with Crippen molar-refractivity contribution in [3.63, 3.8) is 0 Å². The van der Waals surface area contributed by atoms with E-state index in [1.54, 1.807) is 30.5 Å². The summed E-state index contributed by atoms with van der Waals surface area (Å²) in [5, 5.41) is 10.9. The summed E-state index contributed by atoms with van der Waals surface area (Å²) in [6, 6.07) is 11.6. The Morgan fingerprint density at radius 1 is 1.21 bits per heavy atom. The zero-order valence-electron chi connectivity index (χ0n) is 14.6. The van der Waals surface area contributed by atoms with Gasteiger partial charge in [-0.2, -0.15) is 13.9 Å². The summed E-state index contributed by atoms with van der Waals surface area (Å²) in [6.07, 6.45) is 1.65. The minimum atomic E-state index is -2.87. The molecule has 2 heterocycles. The van der Waals surface area contributed by atoms with Gasteiger partial charge in [-0.25, -0.2) is 4.98 Å². The van der Waals surface area contributed by atoms with Gasteiger partial charge >= 0.3 is 6.61 Å². The zero-order chi connectivity index (χ0) is 19.7. The molecule has 0 bridgehead atoms. The number of anilines is 1. The number of alkyl halides is 2. The molecule has 142 valence electrons. The van der Waals surface area contributed by atoms with Gasteiger partial charge < -0.3 is 4.74 Å². The van der Waals surface area contributed by atoms with Crippen LogP contribution < -0.4 is 10.1 Å². The molecule has 28 heavy (non-hydrogen) atoms. The fourth-order valence-electron chi connectivity index (χ4n) is 2.83. The molecule has 2 N–H and O–H groups in total. The summed E-state index contributed by atoms with van der Waals surface area (Å²) >= 11 is 1.33. The van der Waals surface area contributed by atoms with Crippen LogP contribution in [0.25, 0.3) is 22.2 Å². The Labute approximate surface area is 162 Å². The van der Waals surface area contributed by atoms with Crippen LogP contribution in [0.3, 0.4) is 0 Å². The number of rotatable bonds is 5. The van der Waals surface area contributed by atoms with Gasteiger partial charge in [0.25, 0.3) is 5.91 Å². The third-order valence-electron chi connectivity index (χ3n) is 4.09. The highest BCUT2D eigenvalue weighted by Gasteiger charge is 2.16. The van der Waals surface area contributed by atoms with Gasteiger partial charge in [0.15, 0.2) is 5.13 Å². The number of H-pyrrole nitrogens is 1. The van der Waals surface area contributed by atoms with Crippen molar-refractivity contribution in [1.82, 2.24) is 15.2 Å². The number of benzene rings is 2. The average Bonchev–Trinajstić information content (AvgIpc) is 3.28. The minimum Gasteiger partial charge on any atom is -0.435 e. The number of para-hydroxylation sites is 1. The second kappa shape index (κ2) is 7.35. The van der Waals surface area contributed by atoms with Gasteiger partial charge in [-0.05, 0) is 37.3 Å². The fourth-order valence-corrected chi connectivity index (χ4v) is 3.67. The van der Waals surface area contributed by atoms with E-state index in [0.717, 1.165) is 15.8 Å². The molecule has 0 aliphatic carbocycles. The summed E-state index contributed by atoms with van der Waals surface area (Å²) in [5.74, 6) is -0.219. The topological polar surface area (TPSA) is 79.9 Å². The second-order valence-electron chi connectivity index (χ2n) is 5.92. The first-order chi connectivity index (χ1) is 13.5. The van der Waals surface area contributed by atoms with Crippen molar-refractivity contribution in [3.05, 3.63) is 59.1 Å². The van der Waals surface area contributed by atoms with Crippen LogP contribution in [0.4, 0.5) is 13.9 Å². The van der Waals surface area contributed by atoms with Crippen LogP contribution in [-0.4, -0.2) is 27.7 Å². The van der Waals surface area contributed by atoms with E-state index < -0.39 is 6.61 Å². The van der Waals surface area contributed by atoms with Crippen LogP contribution in [0, 0.1) is 6.92 Å². The van der Waals surface area contributed by atoms with E-state index in [2.05, 4.69) is 25.2 Å². The van der Waals surface area contributed by atoms with Gasteiger partial charge in [-0.15, -0.1) is 11.3 Å². The van der Waals surface area contributed by atoms with Crippen LogP contribution in [-0.2, 0) is 0 Å². The molecule has 1 amide bonds. The molecule has 0 fully saturated rings. The van der Waals surface area contributed by atoms with Gasteiger partial charge in [0, 0.05) is 15.8 Å². The second-order valence-corrected chi connectivity index (χ2v) is 7.12. The van der Waals surface area contributed by atoms with Crippen molar-refractivity contribution in [1.29, 1.82) is 0 Å². The van der Waals surface area contributed by atoms with E-state index in [0.29, 0.717) is 21.9 Å². The van der Waals surface area contributed by atoms with Crippen molar-refractivity contribution in [3.8, 4) is 17.0 Å². The molecular formula is C19H14F2N4O2S. The monoisotopic (exact) mass is 400 g/mol. The number of aryl methyl sites for hydroxylation is 1. The smallest absolute Gasteiger partial charge is 0.387 e. The van der Waals surface area contributed by atoms with Gasteiger partial charge in [0.1, 0.15) is 5.75 Å². The predicted molar refractivity (Wildman–Crippen MR) is 103 cm³/mol. The summed E-state index contributed by atoms with van der Waals surface area (Å²) in [4.78, 5) is 18.0. The number of halogens is 2. The lowest BCUT2D eigenvalue weighted by Gasteiger charge is -2.05. The lowest BCUT2D eigenvalue weighted by molar-refractivity contribution is -0.0498. The highest BCUT2D eigenvalue weighted by Crippen LogP contribution is 2.32. The van der Waals surface area contributed by atoms with Crippen LogP contribution >= 0.6 is 11.3 Å². The summed E-state index contributed by atoms with van der Waals surface area (Å²) in [7, 11) is 0. The van der Waals surface area contributed by atoms with Crippen molar-refractivity contribution >= 4 is 33.3 Å². The third-order valence-corrected chi connectivity index (χ3v) is 4.98. The Hall–Kier alpha value is -3.33. The summed E-state index contributed by atoms with van der Waals surface area (Å²) in [6.45, 7) is -0.991. The normalized spacial score (nSPS) is 11.1. The van der Waals surface area contributed by atoms with E-state index in [9.17, 15) is 13.6 Å². The van der Waals surface area contributed by atoms with Gasteiger partial charge in [-0.1, -0.05) is 12.1 Å². The maximum absolute atomic E-state index is 12.7. The number of aromatic amines is 1. The van der Waals surface area contributed by atoms with Crippen molar-refractivity contribution in [2.45, 2.75) is 13.5 Å². The number of ether oxygens (including phenoxy) is 1. The Morgan fingerprint density at radius 3 is 2.75 bits per heavy atom. The zero-order valence-corrected chi connectivity index (χ0v) is 15.4. The molecule has 0 aliphatic heterocycles. The van der Waals surface area contributed by atoms with E-state index in [1.165, 1.54) is 23.5 Å². The maximum atomic E-state index is 12.7.